The number of para-hydroxylation sites is 1. The summed E-state index contributed by atoms with van der Waals surface area (Å²) in [7, 11) is 0. The van der Waals surface area contributed by atoms with Crippen LogP contribution in [0.4, 0.5) is 0 Å². The molecule has 1 unspecified atom stereocenters. The van der Waals surface area contributed by atoms with E-state index in [0.29, 0.717) is 13.0 Å². The lowest BCUT2D eigenvalue weighted by atomic mass is 9.92. The molecule has 0 saturated carbocycles. The highest BCUT2D eigenvalue weighted by molar-refractivity contribution is 5.87. The van der Waals surface area contributed by atoms with Crippen molar-refractivity contribution in [3.63, 3.8) is 0 Å². The minimum Gasteiger partial charge on any atom is -0.493 e. The van der Waals surface area contributed by atoms with Gasteiger partial charge in [0.05, 0.1) is 12.2 Å². The van der Waals surface area contributed by atoms with Crippen molar-refractivity contribution in [2.45, 2.75) is 57.8 Å². The van der Waals surface area contributed by atoms with Crippen molar-refractivity contribution in [1.82, 2.24) is 0 Å². The molecule has 0 aliphatic rings. The summed E-state index contributed by atoms with van der Waals surface area (Å²) in [4.78, 5) is 22.1. The van der Waals surface area contributed by atoms with Crippen LogP contribution in [0.5, 0.6) is 5.75 Å². The zero-order valence-electron chi connectivity index (χ0n) is 21.9. The van der Waals surface area contributed by atoms with Crippen molar-refractivity contribution < 1.29 is 24.5 Å². The normalized spacial score (nSPS) is 11.9. The van der Waals surface area contributed by atoms with Gasteiger partial charge in [-0.3, -0.25) is 4.79 Å². The minimum absolute atomic E-state index is 0.172. The second kappa shape index (κ2) is 16.1. The van der Waals surface area contributed by atoms with E-state index in [9.17, 15) is 9.59 Å². The molecule has 0 bridgehead atoms. The molecule has 0 radical (unpaired) electrons. The summed E-state index contributed by atoms with van der Waals surface area (Å²) in [6.07, 6.45) is 11.9. The predicted octanol–water partition coefficient (Wildman–Crippen LogP) is 7.69. The quantitative estimate of drug-likeness (QED) is 0.180. The lowest BCUT2D eigenvalue weighted by Gasteiger charge is -2.14. The SMILES string of the molecule is O=C(O)CCCCC(C=Cc1ccccc1OCCCCCc1ccccc1)Cc1ccc(C(=O)O)cc1. The predicted molar refractivity (Wildman–Crippen MR) is 152 cm³/mol. The van der Waals surface area contributed by atoms with Gasteiger partial charge < -0.3 is 14.9 Å². The number of allylic oxidation sites excluding steroid dienone is 1. The summed E-state index contributed by atoms with van der Waals surface area (Å²) in [5, 5.41) is 18.1. The first-order valence-corrected chi connectivity index (χ1v) is 13.5. The van der Waals surface area contributed by atoms with Gasteiger partial charge in [0.15, 0.2) is 0 Å². The van der Waals surface area contributed by atoms with E-state index in [1.807, 2.05) is 42.5 Å². The monoisotopic (exact) mass is 514 g/mol. The molecule has 0 heterocycles. The molecule has 0 spiro atoms. The van der Waals surface area contributed by atoms with Gasteiger partial charge in [0.25, 0.3) is 0 Å². The van der Waals surface area contributed by atoms with E-state index in [0.717, 1.165) is 61.8 Å². The van der Waals surface area contributed by atoms with Crippen molar-refractivity contribution in [2.24, 2.45) is 5.92 Å². The van der Waals surface area contributed by atoms with Crippen LogP contribution in [0.15, 0.2) is 84.9 Å². The number of carboxylic acid groups (broad SMARTS) is 2. The number of unbranched alkanes of at least 4 members (excludes halogenated alkanes) is 3. The average Bonchev–Trinajstić information content (AvgIpc) is 2.92. The van der Waals surface area contributed by atoms with E-state index < -0.39 is 11.9 Å². The number of aryl methyl sites for hydroxylation is 1. The second-order valence-corrected chi connectivity index (χ2v) is 9.65. The van der Waals surface area contributed by atoms with Crippen LogP contribution >= 0.6 is 0 Å². The summed E-state index contributed by atoms with van der Waals surface area (Å²) in [6, 6.07) is 25.5. The summed E-state index contributed by atoms with van der Waals surface area (Å²) in [6.45, 7) is 0.675. The Kier molecular flexibility index (Phi) is 12.1. The molecule has 3 rings (SSSR count). The topological polar surface area (TPSA) is 83.8 Å². The zero-order chi connectivity index (χ0) is 27.0. The van der Waals surface area contributed by atoms with Crippen molar-refractivity contribution in [1.29, 1.82) is 0 Å². The van der Waals surface area contributed by atoms with E-state index in [-0.39, 0.29) is 17.9 Å². The molecule has 0 aliphatic heterocycles. The number of aromatic carboxylic acids is 1. The smallest absolute Gasteiger partial charge is 0.335 e. The van der Waals surface area contributed by atoms with E-state index in [1.54, 1.807) is 12.1 Å². The third-order valence-electron chi connectivity index (χ3n) is 6.59. The molecule has 0 amide bonds. The summed E-state index contributed by atoms with van der Waals surface area (Å²) in [5.41, 5.74) is 3.73. The number of hydrogen-bond donors (Lipinski definition) is 2. The molecule has 3 aromatic rings. The summed E-state index contributed by atoms with van der Waals surface area (Å²) >= 11 is 0. The van der Waals surface area contributed by atoms with Crippen LogP contribution in [-0.2, 0) is 17.6 Å². The maximum Gasteiger partial charge on any atom is 0.335 e. The van der Waals surface area contributed by atoms with Crippen molar-refractivity contribution in [3.8, 4) is 5.75 Å². The van der Waals surface area contributed by atoms with Gasteiger partial charge in [0.2, 0.25) is 0 Å². The van der Waals surface area contributed by atoms with Crippen LogP contribution in [0.2, 0.25) is 0 Å². The largest absolute Gasteiger partial charge is 0.493 e. The molecular formula is C33H38O5. The first kappa shape index (κ1) is 28.7. The number of ether oxygens (including phenoxy) is 1. The molecule has 3 aromatic carbocycles. The Morgan fingerprint density at radius 3 is 2.24 bits per heavy atom. The highest BCUT2D eigenvalue weighted by Crippen LogP contribution is 2.24. The van der Waals surface area contributed by atoms with Crippen LogP contribution in [-0.4, -0.2) is 28.8 Å². The lowest BCUT2D eigenvalue weighted by molar-refractivity contribution is -0.137. The maximum absolute atomic E-state index is 11.2. The molecule has 5 nitrogen and oxygen atoms in total. The van der Waals surface area contributed by atoms with Crippen LogP contribution in [0.1, 0.15) is 72.0 Å². The third kappa shape index (κ3) is 10.6. The Bertz CT molecular complexity index is 1150. The Morgan fingerprint density at radius 2 is 1.50 bits per heavy atom. The average molecular weight is 515 g/mol. The van der Waals surface area contributed by atoms with Crippen LogP contribution < -0.4 is 4.74 Å². The lowest BCUT2D eigenvalue weighted by Crippen LogP contribution is -2.04. The molecule has 200 valence electrons. The second-order valence-electron chi connectivity index (χ2n) is 9.65. The molecule has 0 saturated heterocycles. The van der Waals surface area contributed by atoms with Gasteiger partial charge in [-0.25, -0.2) is 4.79 Å². The molecule has 0 aromatic heterocycles. The number of carbonyl (C=O) groups is 2. The molecule has 38 heavy (non-hydrogen) atoms. The first-order chi connectivity index (χ1) is 18.5. The number of aliphatic carboxylic acids is 1. The summed E-state index contributed by atoms with van der Waals surface area (Å²) in [5.74, 6) is -0.644. The fourth-order valence-corrected chi connectivity index (χ4v) is 4.46. The highest BCUT2D eigenvalue weighted by atomic mass is 16.5. The van der Waals surface area contributed by atoms with Gasteiger partial charge in [-0.05, 0) is 80.2 Å². The Morgan fingerprint density at radius 1 is 0.763 bits per heavy atom. The number of rotatable bonds is 17. The van der Waals surface area contributed by atoms with Crippen LogP contribution in [0.3, 0.4) is 0 Å². The fourth-order valence-electron chi connectivity index (χ4n) is 4.46. The number of benzene rings is 3. The van der Waals surface area contributed by atoms with E-state index in [2.05, 4.69) is 36.4 Å². The molecule has 1 atom stereocenters. The van der Waals surface area contributed by atoms with Crippen LogP contribution in [0, 0.1) is 5.92 Å². The standard InChI is InChI=1S/C33H38O5/c34-32(35)17-9-6-14-27(25-28-19-22-30(23-20-28)33(36)37)18-21-29-15-7-8-16-31(29)38-24-10-2-5-13-26-11-3-1-4-12-26/h1,3-4,7-8,11-12,15-16,18-23,27H,2,5-6,9-10,13-14,17,24-25H2,(H,34,35)(H,36,37). The Labute approximate surface area is 225 Å². The number of carboxylic acids is 2. The third-order valence-corrected chi connectivity index (χ3v) is 6.59. The molecule has 2 N–H and O–H groups in total. The van der Waals surface area contributed by atoms with E-state index >= 15 is 0 Å². The molecule has 0 fully saturated rings. The Balaban J connectivity index is 1.56. The zero-order valence-corrected chi connectivity index (χ0v) is 21.9. The van der Waals surface area contributed by atoms with Crippen molar-refractivity contribution in [3.05, 3.63) is 107 Å². The van der Waals surface area contributed by atoms with E-state index in [4.69, 9.17) is 14.9 Å². The molecular weight excluding hydrogens is 476 g/mol. The van der Waals surface area contributed by atoms with Crippen LogP contribution in [0.25, 0.3) is 6.08 Å². The Hall–Kier alpha value is -3.86. The van der Waals surface area contributed by atoms with Gasteiger partial charge >= 0.3 is 11.9 Å². The fraction of sp³-hybridized carbons (Fsp3) is 0.333. The maximum atomic E-state index is 11.2. The van der Waals surface area contributed by atoms with Gasteiger partial charge in [-0.2, -0.15) is 0 Å². The molecule has 0 aliphatic carbocycles. The van der Waals surface area contributed by atoms with E-state index in [1.165, 1.54) is 5.56 Å². The highest BCUT2D eigenvalue weighted by Gasteiger charge is 2.10. The molecule has 5 heteroatoms. The number of hydrogen-bond acceptors (Lipinski definition) is 3. The minimum atomic E-state index is -0.936. The summed E-state index contributed by atoms with van der Waals surface area (Å²) < 4.78 is 6.13. The van der Waals surface area contributed by atoms with Gasteiger partial charge in [0.1, 0.15) is 5.75 Å². The van der Waals surface area contributed by atoms with Gasteiger partial charge in [-0.15, -0.1) is 0 Å². The van der Waals surface area contributed by atoms with Crippen molar-refractivity contribution >= 4 is 18.0 Å². The first-order valence-electron chi connectivity index (χ1n) is 13.5. The van der Waals surface area contributed by atoms with Gasteiger partial charge in [-0.1, -0.05) is 79.2 Å². The van der Waals surface area contributed by atoms with Gasteiger partial charge in [0, 0.05) is 12.0 Å². The van der Waals surface area contributed by atoms with Crippen molar-refractivity contribution in [2.75, 3.05) is 6.61 Å².